The molecule has 2 nitrogen and oxygen atoms in total. The van der Waals surface area contributed by atoms with Gasteiger partial charge in [0.05, 0.1) is 17.2 Å². The van der Waals surface area contributed by atoms with E-state index >= 15 is 0 Å². The van der Waals surface area contributed by atoms with Gasteiger partial charge in [0.2, 0.25) is 0 Å². The lowest BCUT2D eigenvalue weighted by Crippen LogP contribution is -2.17. The molecule has 0 fully saturated rings. The summed E-state index contributed by atoms with van der Waals surface area (Å²) in [5.74, 6) is 0. The lowest BCUT2D eigenvalue weighted by Gasteiger charge is -2.15. The maximum atomic E-state index is 4.40. The van der Waals surface area contributed by atoms with Gasteiger partial charge in [0.25, 0.3) is 0 Å². The number of nitrogens with zero attached hydrogens (tertiary/aromatic N) is 1. The van der Waals surface area contributed by atoms with Gasteiger partial charge in [0, 0.05) is 5.38 Å². The van der Waals surface area contributed by atoms with E-state index < -0.39 is 0 Å². The SMILES string of the molecule is CNC(c1ccc(-c2ccccc2)cc1)c1cscn1. The summed E-state index contributed by atoms with van der Waals surface area (Å²) in [6.07, 6.45) is 0. The molecule has 3 rings (SSSR count). The topological polar surface area (TPSA) is 24.9 Å². The van der Waals surface area contributed by atoms with E-state index in [-0.39, 0.29) is 6.04 Å². The van der Waals surface area contributed by atoms with Crippen molar-refractivity contribution in [2.75, 3.05) is 7.05 Å². The molecule has 0 aliphatic carbocycles. The summed E-state index contributed by atoms with van der Waals surface area (Å²) in [6, 6.07) is 19.3. The highest BCUT2D eigenvalue weighted by atomic mass is 32.1. The predicted molar refractivity (Wildman–Crippen MR) is 84.9 cm³/mol. The monoisotopic (exact) mass is 280 g/mol. The molecule has 0 saturated heterocycles. The molecule has 0 amide bonds. The lowest BCUT2D eigenvalue weighted by molar-refractivity contribution is 0.675. The zero-order valence-corrected chi connectivity index (χ0v) is 12.1. The Hall–Kier alpha value is -1.97. The van der Waals surface area contributed by atoms with Crippen molar-refractivity contribution in [2.24, 2.45) is 0 Å². The van der Waals surface area contributed by atoms with Gasteiger partial charge in [0.1, 0.15) is 0 Å². The van der Waals surface area contributed by atoms with Crippen LogP contribution in [0.2, 0.25) is 0 Å². The minimum atomic E-state index is 0.158. The van der Waals surface area contributed by atoms with Crippen molar-refractivity contribution in [1.82, 2.24) is 10.3 Å². The first-order chi connectivity index (χ1) is 9.88. The quantitative estimate of drug-likeness (QED) is 0.777. The number of rotatable bonds is 4. The van der Waals surface area contributed by atoms with Crippen molar-refractivity contribution in [3.8, 4) is 11.1 Å². The van der Waals surface area contributed by atoms with Crippen LogP contribution >= 0.6 is 11.3 Å². The van der Waals surface area contributed by atoms with E-state index in [4.69, 9.17) is 0 Å². The van der Waals surface area contributed by atoms with Crippen molar-refractivity contribution < 1.29 is 0 Å². The Morgan fingerprint density at radius 1 is 0.950 bits per heavy atom. The first-order valence-electron chi connectivity index (χ1n) is 6.59. The normalized spacial score (nSPS) is 12.2. The second-order valence-electron chi connectivity index (χ2n) is 4.62. The molecular formula is C17H16N2S. The van der Waals surface area contributed by atoms with Crippen LogP contribution in [-0.4, -0.2) is 12.0 Å². The van der Waals surface area contributed by atoms with Crippen LogP contribution in [0.5, 0.6) is 0 Å². The van der Waals surface area contributed by atoms with E-state index in [2.05, 4.69) is 64.2 Å². The number of aromatic nitrogens is 1. The lowest BCUT2D eigenvalue weighted by atomic mass is 9.99. The number of nitrogens with one attached hydrogen (secondary N) is 1. The van der Waals surface area contributed by atoms with E-state index in [0.717, 1.165) is 5.69 Å². The van der Waals surface area contributed by atoms with Gasteiger partial charge >= 0.3 is 0 Å². The van der Waals surface area contributed by atoms with Crippen molar-refractivity contribution in [3.05, 3.63) is 76.7 Å². The highest BCUT2D eigenvalue weighted by molar-refractivity contribution is 7.07. The van der Waals surface area contributed by atoms with Gasteiger partial charge in [-0.3, -0.25) is 0 Å². The highest BCUT2D eigenvalue weighted by Crippen LogP contribution is 2.25. The second kappa shape index (κ2) is 5.99. The number of thiazole rings is 1. The minimum absolute atomic E-state index is 0.158. The van der Waals surface area contributed by atoms with E-state index in [0.29, 0.717) is 0 Å². The van der Waals surface area contributed by atoms with Crippen LogP contribution in [0.3, 0.4) is 0 Å². The molecular weight excluding hydrogens is 264 g/mol. The van der Waals surface area contributed by atoms with Gasteiger partial charge < -0.3 is 5.32 Å². The average molecular weight is 280 g/mol. The standard InChI is InChI=1S/C17H16N2S/c1-18-17(16-11-20-12-19-16)15-9-7-14(8-10-15)13-5-3-2-4-6-13/h2-12,17-18H,1H3. The predicted octanol–water partition coefficient (Wildman–Crippen LogP) is 4.12. The maximum Gasteiger partial charge on any atom is 0.0795 e. The molecule has 0 aliphatic heterocycles. The summed E-state index contributed by atoms with van der Waals surface area (Å²) < 4.78 is 0. The average Bonchev–Trinajstić information content (AvgIpc) is 3.04. The molecule has 3 heteroatoms. The Balaban J connectivity index is 1.89. The largest absolute Gasteiger partial charge is 0.308 e. The van der Waals surface area contributed by atoms with E-state index in [1.54, 1.807) is 11.3 Å². The second-order valence-corrected chi connectivity index (χ2v) is 5.34. The summed E-state index contributed by atoms with van der Waals surface area (Å²) in [7, 11) is 1.97. The number of benzene rings is 2. The van der Waals surface area contributed by atoms with Gasteiger partial charge in [-0.1, -0.05) is 54.6 Å². The third-order valence-corrected chi connectivity index (χ3v) is 3.99. The summed E-state index contributed by atoms with van der Waals surface area (Å²) >= 11 is 1.63. The first-order valence-corrected chi connectivity index (χ1v) is 7.53. The van der Waals surface area contributed by atoms with Crippen LogP contribution in [0, 0.1) is 0 Å². The number of hydrogen-bond donors (Lipinski definition) is 1. The summed E-state index contributed by atoms with van der Waals surface area (Å²) in [5, 5.41) is 5.41. The molecule has 0 bridgehead atoms. The Labute approximate surface area is 123 Å². The molecule has 0 aliphatic rings. The Morgan fingerprint density at radius 2 is 1.65 bits per heavy atom. The van der Waals surface area contributed by atoms with Gasteiger partial charge in [-0.15, -0.1) is 11.3 Å². The van der Waals surface area contributed by atoms with Crippen molar-refractivity contribution in [3.63, 3.8) is 0 Å². The summed E-state index contributed by atoms with van der Waals surface area (Å²) in [4.78, 5) is 4.40. The molecule has 2 aromatic carbocycles. The van der Waals surface area contributed by atoms with Crippen LogP contribution in [-0.2, 0) is 0 Å². The summed E-state index contributed by atoms with van der Waals surface area (Å²) in [6.45, 7) is 0. The van der Waals surface area contributed by atoms with Gasteiger partial charge in [-0.05, 0) is 23.7 Å². The third kappa shape index (κ3) is 2.64. The van der Waals surface area contributed by atoms with Gasteiger partial charge in [-0.2, -0.15) is 0 Å². The molecule has 1 N–H and O–H groups in total. The molecule has 3 aromatic rings. The van der Waals surface area contributed by atoms with E-state index in [1.807, 2.05) is 18.6 Å². The fourth-order valence-corrected chi connectivity index (χ4v) is 2.93. The zero-order chi connectivity index (χ0) is 13.8. The van der Waals surface area contributed by atoms with Crippen LogP contribution in [0.25, 0.3) is 11.1 Å². The van der Waals surface area contributed by atoms with Crippen LogP contribution < -0.4 is 5.32 Å². The fourth-order valence-electron chi connectivity index (χ4n) is 2.35. The van der Waals surface area contributed by atoms with Crippen molar-refractivity contribution in [1.29, 1.82) is 0 Å². The molecule has 20 heavy (non-hydrogen) atoms. The maximum absolute atomic E-state index is 4.40. The summed E-state index contributed by atoms with van der Waals surface area (Å²) in [5.41, 5.74) is 6.66. The van der Waals surface area contributed by atoms with E-state index in [1.165, 1.54) is 16.7 Å². The first kappa shape index (κ1) is 13.0. The fraction of sp³-hybridized carbons (Fsp3) is 0.118. The molecule has 1 unspecified atom stereocenters. The molecule has 0 radical (unpaired) electrons. The molecule has 1 heterocycles. The van der Waals surface area contributed by atoms with Gasteiger partial charge in [-0.25, -0.2) is 4.98 Å². The smallest absolute Gasteiger partial charge is 0.0795 e. The molecule has 0 saturated carbocycles. The van der Waals surface area contributed by atoms with Crippen LogP contribution in [0.1, 0.15) is 17.3 Å². The highest BCUT2D eigenvalue weighted by Gasteiger charge is 2.13. The Bertz CT molecular complexity index is 645. The van der Waals surface area contributed by atoms with Crippen molar-refractivity contribution in [2.45, 2.75) is 6.04 Å². The van der Waals surface area contributed by atoms with Gasteiger partial charge in [0.15, 0.2) is 0 Å². The van der Waals surface area contributed by atoms with Crippen molar-refractivity contribution >= 4 is 11.3 Å². The van der Waals surface area contributed by atoms with E-state index in [9.17, 15) is 0 Å². The molecule has 1 aromatic heterocycles. The zero-order valence-electron chi connectivity index (χ0n) is 11.3. The van der Waals surface area contributed by atoms with Crippen LogP contribution in [0.4, 0.5) is 0 Å². The third-order valence-electron chi connectivity index (χ3n) is 3.39. The van der Waals surface area contributed by atoms with Crippen LogP contribution in [0.15, 0.2) is 65.5 Å². The molecule has 1 atom stereocenters. The molecule has 100 valence electrons. The number of hydrogen-bond acceptors (Lipinski definition) is 3. The Morgan fingerprint density at radius 3 is 2.25 bits per heavy atom. The molecule has 0 spiro atoms. The minimum Gasteiger partial charge on any atom is -0.308 e. The Kier molecular flexibility index (Phi) is 3.90.